The fourth-order valence-corrected chi connectivity index (χ4v) is 4.33. The van der Waals surface area contributed by atoms with Gasteiger partial charge in [-0.25, -0.2) is 0 Å². The highest BCUT2D eigenvalue weighted by Gasteiger charge is 2.30. The van der Waals surface area contributed by atoms with E-state index in [4.69, 9.17) is 20.9 Å². The van der Waals surface area contributed by atoms with Crippen LogP contribution in [0.15, 0.2) is 24.3 Å². The number of rotatable bonds is 20. The van der Waals surface area contributed by atoms with Crippen molar-refractivity contribution in [2.24, 2.45) is 41.1 Å². The van der Waals surface area contributed by atoms with E-state index in [1.54, 1.807) is 32.2 Å². The predicted octanol–water partition coefficient (Wildman–Crippen LogP) is 2.89. The average Bonchev–Trinajstić information content (AvgIpc) is 2.91. The fraction of sp³-hybridized carbons (Fsp3) is 0.700. The van der Waals surface area contributed by atoms with Crippen LogP contribution in [0.25, 0.3) is 0 Å². The molecular weight excluding hydrogens is 548 g/mol. The largest absolute Gasteiger partial charge is 0.493 e. The Hall–Kier alpha value is -2.40. The summed E-state index contributed by atoms with van der Waals surface area (Å²) < 4.78 is 10.9. The Bertz CT molecular complexity index is 917. The third-order valence-corrected chi connectivity index (χ3v) is 7.37. The summed E-state index contributed by atoms with van der Waals surface area (Å²) in [7, 11) is 1.66. The highest BCUT2D eigenvalue weighted by Crippen LogP contribution is 2.24. The summed E-state index contributed by atoms with van der Waals surface area (Å²) >= 11 is 0. The van der Waals surface area contributed by atoms with Crippen molar-refractivity contribution in [3.8, 4) is 5.75 Å². The van der Waals surface area contributed by atoms with Gasteiger partial charge in [0.25, 0.3) is 5.91 Å². The lowest BCUT2D eigenvalue weighted by Gasteiger charge is -2.30. The summed E-state index contributed by atoms with van der Waals surface area (Å²) in [6.45, 7) is 11.3. The molecule has 0 aromatic heterocycles. The molecule has 5 atom stereocenters. The SMILES string of the molecule is COCCCCOc1ccccc1C(=O)NC[C@H](CC(N)C(O)CC(C(=O)NCC(C)C(N)=O)C(C)C)C(C)C.Cl. The van der Waals surface area contributed by atoms with Crippen LogP contribution in [-0.4, -0.2) is 68.4 Å². The van der Waals surface area contributed by atoms with Crippen LogP contribution in [0.3, 0.4) is 0 Å². The van der Waals surface area contributed by atoms with Gasteiger partial charge in [-0.15, -0.1) is 12.4 Å². The summed E-state index contributed by atoms with van der Waals surface area (Å²) in [6, 6.07) is 6.58. The summed E-state index contributed by atoms with van der Waals surface area (Å²) in [5, 5.41) is 16.7. The first kappa shape index (κ1) is 38.6. The van der Waals surface area contributed by atoms with Crippen molar-refractivity contribution < 1.29 is 29.0 Å². The van der Waals surface area contributed by atoms with Crippen molar-refractivity contribution in [3.63, 3.8) is 0 Å². The van der Waals surface area contributed by atoms with E-state index in [-0.39, 0.29) is 54.9 Å². The van der Waals surface area contributed by atoms with E-state index in [0.29, 0.717) is 37.5 Å². The van der Waals surface area contributed by atoms with Crippen molar-refractivity contribution in [3.05, 3.63) is 29.8 Å². The number of primary amides is 1. The van der Waals surface area contributed by atoms with Crippen LogP contribution in [0.1, 0.15) is 70.7 Å². The van der Waals surface area contributed by atoms with Crippen LogP contribution in [0, 0.1) is 29.6 Å². The van der Waals surface area contributed by atoms with Gasteiger partial charge in [-0.3, -0.25) is 14.4 Å². The third-order valence-electron chi connectivity index (χ3n) is 7.37. The van der Waals surface area contributed by atoms with Crippen molar-refractivity contribution >= 4 is 30.1 Å². The molecule has 1 aromatic carbocycles. The normalized spacial score (nSPS) is 14.9. The zero-order valence-corrected chi connectivity index (χ0v) is 26.4. The number of ether oxygens (including phenoxy) is 2. The molecule has 0 spiro atoms. The maximum Gasteiger partial charge on any atom is 0.255 e. The van der Waals surface area contributed by atoms with Crippen LogP contribution in [-0.2, 0) is 14.3 Å². The number of amides is 3. The first-order chi connectivity index (χ1) is 18.9. The standard InChI is InChI=1S/C30H52N4O6.ClH/c1-19(2)22(18-34-29(37)23-11-7-8-12-27(23)40-14-10-9-13-39-6)15-25(31)26(35)16-24(20(3)4)30(38)33-17-21(5)28(32)36;/h7-8,11-12,19-22,24-26,35H,9-10,13-18,31H2,1-6H3,(H2,32,36)(H,33,38)(H,34,37);1H/t21?,22-,24?,25?,26?;/m0./s1. The van der Waals surface area contributed by atoms with E-state index in [1.165, 1.54) is 0 Å². The number of para-hydroxylation sites is 1. The molecular formula is C30H53ClN4O6. The Kier molecular flexibility index (Phi) is 19.3. The van der Waals surface area contributed by atoms with Crippen molar-refractivity contribution in [1.82, 2.24) is 10.6 Å². The van der Waals surface area contributed by atoms with Gasteiger partial charge in [-0.2, -0.15) is 0 Å². The summed E-state index contributed by atoms with van der Waals surface area (Å²) in [5.74, 6) is -1.18. The second-order valence-electron chi connectivity index (χ2n) is 11.4. The monoisotopic (exact) mass is 600 g/mol. The minimum absolute atomic E-state index is 0. The molecule has 1 aromatic rings. The van der Waals surface area contributed by atoms with Gasteiger partial charge in [0.05, 0.1) is 24.2 Å². The van der Waals surface area contributed by atoms with Crippen LogP contribution in [0.5, 0.6) is 5.75 Å². The molecule has 0 heterocycles. The molecule has 1 rings (SSSR count). The highest BCUT2D eigenvalue weighted by atomic mass is 35.5. The van der Waals surface area contributed by atoms with Gasteiger partial charge < -0.3 is 36.7 Å². The number of aliphatic hydroxyl groups is 1. The van der Waals surface area contributed by atoms with E-state index < -0.39 is 29.9 Å². The van der Waals surface area contributed by atoms with Gasteiger partial charge in [0, 0.05) is 38.8 Å². The van der Waals surface area contributed by atoms with Crippen molar-refractivity contribution in [2.45, 2.75) is 72.4 Å². The van der Waals surface area contributed by atoms with Gasteiger partial charge >= 0.3 is 0 Å². The molecule has 0 aliphatic carbocycles. The second-order valence-corrected chi connectivity index (χ2v) is 11.4. The molecule has 10 nitrogen and oxygen atoms in total. The number of nitrogens with two attached hydrogens (primary N) is 2. The Morgan fingerprint density at radius 3 is 2.15 bits per heavy atom. The van der Waals surface area contributed by atoms with Gasteiger partial charge in [0.1, 0.15) is 5.75 Å². The molecule has 0 bridgehead atoms. The Balaban J connectivity index is 0.0000160. The summed E-state index contributed by atoms with van der Waals surface area (Å²) in [6.07, 6.45) is 1.47. The minimum Gasteiger partial charge on any atom is -0.493 e. The number of hydrogen-bond donors (Lipinski definition) is 5. The molecule has 3 amide bonds. The topological polar surface area (TPSA) is 166 Å². The van der Waals surface area contributed by atoms with Crippen molar-refractivity contribution in [2.75, 3.05) is 33.4 Å². The van der Waals surface area contributed by atoms with Crippen molar-refractivity contribution in [1.29, 1.82) is 0 Å². The van der Waals surface area contributed by atoms with E-state index in [0.717, 1.165) is 12.8 Å². The molecule has 0 saturated heterocycles. The van der Waals surface area contributed by atoms with E-state index in [9.17, 15) is 19.5 Å². The molecule has 0 fully saturated rings. The van der Waals surface area contributed by atoms with Crippen LogP contribution in [0.2, 0.25) is 0 Å². The number of benzene rings is 1. The number of nitrogens with one attached hydrogen (secondary N) is 2. The molecule has 41 heavy (non-hydrogen) atoms. The van der Waals surface area contributed by atoms with E-state index >= 15 is 0 Å². The predicted molar refractivity (Wildman–Crippen MR) is 164 cm³/mol. The Morgan fingerprint density at radius 1 is 0.927 bits per heavy atom. The van der Waals surface area contributed by atoms with E-state index in [1.807, 2.05) is 19.9 Å². The van der Waals surface area contributed by atoms with Crippen LogP contribution >= 0.6 is 12.4 Å². The van der Waals surface area contributed by atoms with Gasteiger partial charge in [-0.05, 0) is 55.6 Å². The van der Waals surface area contributed by atoms with Gasteiger partial charge in [-0.1, -0.05) is 46.8 Å². The molecule has 236 valence electrons. The molecule has 0 aliphatic rings. The first-order valence-electron chi connectivity index (χ1n) is 14.4. The van der Waals surface area contributed by atoms with E-state index in [2.05, 4.69) is 24.5 Å². The highest BCUT2D eigenvalue weighted by molar-refractivity contribution is 5.96. The zero-order chi connectivity index (χ0) is 30.2. The molecule has 7 N–H and O–H groups in total. The van der Waals surface area contributed by atoms with Gasteiger partial charge in [0.2, 0.25) is 11.8 Å². The number of unbranched alkanes of at least 4 members (excludes halogenated alkanes) is 1. The van der Waals surface area contributed by atoms with Crippen LogP contribution < -0.4 is 26.8 Å². The maximum absolute atomic E-state index is 13.0. The lowest BCUT2D eigenvalue weighted by molar-refractivity contribution is -0.128. The molecule has 0 radical (unpaired) electrons. The average molecular weight is 601 g/mol. The Labute approximate surface area is 252 Å². The molecule has 0 saturated carbocycles. The number of carbonyl (C=O) groups is 3. The maximum atomic E-state index is 13.0. The Morgan fingerprint density at radius 2 is 1.56 bits per heavy atom. The number of halogens is 1. The lowest BCUT2D eigenvalue weighted by Crippen LogP contribution is -2.45. The molecule has 11 heteroatoms. The smallest absolute Gasteiger partial charge is 0.255 e. The lowest BCUT2D eigenvalue weighted by atomic mass is 9.83. The number of hydrogen-bond acceptors (Lipinski definition) is 7. The number of aliphatic hydroxyl groups excluding tert-OH is 1. The van der Waals surface area contributed by atoms with Gasteiger partial charge in [0.15, 0.2) is 0 Å². The molecule has 4 unspecified atom stereocenters. The molecule has 0 aliphatic heterocycles. The van der Waals surface area contributed by atoms with Crippen LogP contribution in [0.4, 0.5) is 0 Å². The second kappa shape index (κ2) is 20.5. The minimum atomic E-state index is -0.907. The fourth-order valence-electron chi connectivity index (χ4n) is 4.33. The first-order valence-corrected chi connectivity index (χ1v) is 14.4. The number of methoxy groups -OCH3 is 1. The summed E-state index contributed by atoms with van der Waals surface area (Å²) in [4.78, 5) is 37.1. The zero-order valence-electron chi connectivity index (χ0n) is 25.6. The third kappa shape index (κ3) is 14.4. The summed E-state index contributed by atoms with van der Waals surface area (Å²) in [5.41, 5.74) is 12.2. The number of carbonyl (C=O) groups excluding carboxylic acids is 3. The quantitative estimate of drug-likeness (QED) is 0.143.